The summed E-state index contributed by atoms with van der Waals surface area (Å²) in [4.78, 5) is 12.4. The molecule has 0 saturated heterocycles. The largest absolute Gasteiger partial charge is 0.508 e. The Kier molecular flexibility index (Phi) is 4.22. The molecule has 3 rings (SSSR count). The summed E-state index contributed by atoms with van der Waals surface area (Å²) in [7, 11) is 0. The van der Waals surface area contributed by atoms with Crippen molar-refractivity contribution in [3.05, 3.63) is 76.8 Å². The lowest BCUT2D eigenvalue weighted by molar-refractivity contribution is 0.0940. The molecule has 116 valence electrons. The molecule has 0 aliphatic rings. The average molecular weight is 326 g/mol. The molecule has 0 aliphatic carbocycles. The summed E-state index contributed by atoms with van der Waals surface area (Å²) < 4.78 is 0. The first-order chi connectivity index (χ1) is 11.1. The Hall–Kier alpha value is -2.52. The second-order valence-electron chi connectivity index (χ2n) is 5.43. The summed E-state index contributed by atoms with van der Waals surface area (Å²) in [5.74, 6) is -0.302. The quantitative estimate of drug-likeness (QED) is 0.734. The molecule has 0 fully saturated rings. The molecule has 0 saturated carbocycles. The highest BCUT2D eigenvalue weighted by Gasteiger charge is 2.16. The Labute approximate surface area is 139 Å². The van der Waals surface area contributed by atoms with Gasteiger partial charge in [-0.15, -0.1) is 0 Å². The van der Waals surface area contributed by atoms with Gasteiger partial charge in [-0.1, -0.05) is 54.1 Å². The van der Waals surface area contributed by atoms with Crippen molar-refractivity contribution < 1.29 is 9.90 Å². The predicted octanol–water partition coefficient (Wildman–Crippen LogP) is 4.69. The van der Waals surface area contributed by atoms with E-state index >= 15 is 0 Å². The van der Waals surface area contributed by atoms with Crippen LogP contribution in [0.15, 0.2) is 60.7 Å². The number of benzene rings is 3. The molecule has 0 bridgehead atoms. The Balaban J connectivity index is 1.90. The number of phenols is 1. The van der Waals surface area contributed by atoms with Crippen LogP contribution in [0.25, 0.3) is 10.8 Å². The SMILES string of the molecule is C[C@@H](NC(=O)c1cc(O)ccc1Cl)c1cccc2ccccc12. The molecule has 0 aliphatic heterocycles. The molecule has 3 aromatic carbocycles. The minimum atomic E-state index is -0.314. The minimum Gasteiger partial charge on any atom is -0.508 e. The van der Waals surface area contributed by atoms with Crippen LogP contribution in [0.4, 0.5) is 0 Å². The Bertz CT molecular complexity index is 871. The number of nitrogens with one attached hydrogen (secondary N) is 1. The molecule has 4 heteroatoms. The zero-order chi connectivity index (χ0) is 16.4. The van der Waals surface area contributed by atoms with Crippen LogP contribution >= 0.6 is 11.6 Å². The lowest BCUT2D eigenvalue weighted by Gasteiger charge is -2.17. The van der Waals surface area contributed by atoms with E-state index in [0.717, 1.165) is 16.3 Å². The first kappa shape index (κ1) is 15.4. The first-order valence-electron chi connectivity index (χ1n) is 7.33. The van der Waals surface area contributed by atoms with Crippen LogP contribution in [0.3, 0.4) is 0 Å². The maximum atomic E-state index is 12.4. The van der Waals surface area contributed by atoms with Gasteiger partial charge in [0.15, 0.2) is 0 Å². The summed E-state index contributed by atoms with van der Waals surface area (Å²) in [5.41, 5.74) is 1.30. The number of halogens is 1. The zero-order valence-electron chi connectivity index (χ0n) is 12.6. The van der Waals surface area contributed by atoms with Crippen molar-refractivity contribution in [1.29, 1.82) is 0 Å². The number of fused-ring (bicyclic) bond motifs is 1. The van der Waals surface area contributed by atoms with Gasteiger partial charge in [0, 0.05) is 0 Å². The zero-order valence-corrected chi connectivity index (χ0v) is 13.3. The third kappa shape index (κ3) is 3.15. The van der Waals surface area contributed by atoms with E-state index in [1.165, 1.54) is 18.2 Å². The summed E-state index contributed by atoms with van der Waals surface area (Å²) in [5, 5.41) is 15.0. The van der Waals surface area contributed by atoms with E-state index in [4.69, 9.17) is 11.6 Å². The summed E-state index contributed by atoms with van der Waals surface area (Å²) in [6, 6.07) is 18.2. The van der Waals surface area contributed by atoms with Crippen LogP contribution in [-0.4, -0.2) is 11.0 Å². The fraction of sp³-hybridized carbons (Fsp3) is 0.105. The highest BCUT2D eigenvalue weighted by Crippen LogP contribution is 2.26. The van der Waals surface area contributed by atoms with Gasteiger partial charge < -0.3 is 10.4 Å². The highest BCUT2D eigenvalue weighted by molar-refractivity contribution is 6.33. The van der Waals surface area contributed by atoms with E-state index in [1.54, 1.807) is 0 Å². The van der Waals surface area contributed by atoms with Crippen molar-refractivity contribution in [1.82, 2.24) is 5.32 Å². The molecule has 3 nitrogen and oxygen atoms in total. The molecule has 3 aromatic rings. The maximum absolute atomic E-state index is 12.4. The van der Waals surface area contributed by atoms with Gasteiger partial charge in [-0.25, -0.2) is 0 Å². The number of hydrogen-bond donors (Lipinski definition) is 2. The van der Waals surface area contributed by atoms with Crippen LogP contribution < -0.4 is 5.32 Å². The number of amides is 1. The third-order valence-electron chi connectivity index (χ3n) is 3.83. The Morgan fingerprint density at radius 1 is 1.09 bits per heavy atom. The van der Waals surface area contributed by atoms with Gasteiger partial charge in [0.05, 0.1) is 16.6 Å². The van der Waals surface area contributed by atoms with Crippen molar-refractivity contribution in [2.75, 3.05) is 0 Å². The molecular formula is C19H16ClNO2. The average Bonchev–Trinajstić information content (AvgIpc) is 2.56. The number of carbonyl (C=O) groups is 1. The van der Waals surface area contributed by atoms with E-state index in [2.05, 4.69) is 5.32 Å². The Morgan fingerprint density at radius 2 is 1.83 bits per heavy atom. The van der Waals surface area contributed by atoms with E-state index in [0.29, 0.717) is 5.02 Å². The maximum Gasteiger partial charge on any atom is 0.253 e. The number of rotatable bonds is 3. The predicted molar refractivity (Wildman–Crippen MR) is 92.9 cm³/mol. The van der Waals surface area contributed by atoms with Crippen molar-refractivity contribution in [3.63, 3.8) is 0 Å². The van der Waals surface area contributed by atoms with E-state index in [-0.39, 0.29) is 23.3 Å². The monoisotopic (exact) mass is 325 g/mol. The molecule has 0 radical (unpaired) electrons. The fourth-order valence-electron chi connectivity index (χ4n) is 2.67. The van der Waals surface area contributed by atoms with Gasteiger partial charge >= 0.3 is 0 Å². The topological polar surface area (TPSA) is 49.3 Å². The second-order valence-corrected chi connectivity index (χ2v) is 5.83. The van der Waals surface area contributed by atoms with Crippen LogP contribution in [0, 0.1) is 0 Å². The summed E-state index contributed by atoms with van der Waals surface area (Å²) in [6.45, 7) is 1.93. The number of hydrogen-bond acceptors (Lipinski definition) is 2. The summed E-state index contributed by atoms with van der Waals surface area (Å²) in [6.07, 6.45) is 0. The van der Waals surface area contributed by atoms with Gasteiger partial charge in [0.25, 0.3) is 5.91 Å². The molecule has 0 spiro atoms. The van der Waals surface area contributed by atoms with Gasteiger partial charge in [-0.2, -0.15) is 0 Å². The van der Waals surface area contributed by atoms with E-state index in [1.807, 2.05) is 49.4 Å². The normalized spacial score (nSPS) is 12.1. The van der Waals surface area contributed by atoms with Crippen LogP contribution in [0.2, 0.25) is 5.02 Å². The van der Waals surface area contributed by atoms with E-state index < -0.39 is 0 Å². The summed E-state index contributed by atoms with van der Waals surface area (Å²) >= 11 is 6.04. The standard InChI is InChI=1S/C19H16ClNO2/c1-12(15-8-4-6-13-5-2-3-7-16(13)15)21-19(23)17-11-14(22)9-10-18(17)20/h2-12,22H,1H3,(H,21,23)/t12-/m1/s1. The Morgan fingerprint density at radius 3 is 2.65 bits per heavy atom. The lowest BCUT2D eigenvalue weighted by Crippen LogP contribution is -2.27. The fourth-order valence-corrected chi connectivity index (χ4v) is 2.87. The van der Waals surface area contributed by atoms with Crippen LogP contribution in [0.5, 0.6) is 5.75 Å². The molecule has 1 atom stereocenters. The van der Waals surface area contributed by atoms with Gasteiger partial charge in [0.2, 0.25) is 0 Å². The first-order valence-corrected chi connectivity index (χ1v) is 7.71. The van der Waals surface area contributed by atoms with Crippen molar-refractivity contribution >= 4 is 28.3 Å². The molecule has 0 heterocycles. The lowest BCUT2D eigenvalue weighted by atomic mass is 9.99. The van der Waals surface area contributed by atoms with Crippen molar-refractivity contribution in [3.8, 4) is 5.75 Å². The number of carbonyl (C=O) groups excluding carboxylic acids is 1. The van der Waals surface area contributed by atoms with E-state index in [9.17, 15) is 9.90 Å². The smallest absolute Gasteiger partial charge is 0.253 e. The van der Waals surface area contributed by atoms with Crippen molar-refractivity contribution in [2.24, 2.45) is 0 Å². The van der Waals surface area contributed by atoms with Gasteiger partial charge in [0.1, 0.15) is 5.75 Å². The molecule has 0 unspecified atom stereocenters. The minimum absolute atomic E-state index is 0.0114. The molecule has 2 N–H and O–H groups in total. The second kappa shape index (κ2) is 6.31. The van der Waals surface area contributed by atoms with Gasteiger partial charge in [-0.05, 0) is 41.5 Å². The van der Waals surface area contributed by atoms with Crippen molar-refractivity contribution in [2.45, 2.75) is 13.0 Å². The molecule has 23 heavy (non-hydrogen) atoms. The van der Waals surface area contributed by atoms with Crippen LogP contribution in [0.1, 0.15) is 28.9 Å². The molecular weight excluding hydrogens is 310 g/mol. The number of phenolic OH excluding ortho intramolecular Hbond substituents is 1. The molecule has 0 aromatic heterocycles. The van der Waals surface area contributed by atoms with Gasteiger partial charge in [-0.3, -0.25) is 4.79 Å². The number of aromatic hydroxyl groups is 1. The van der Waals surface area contributed by atoms with Crippen LogP contribution in [-0.2, 0) is 0 Å². The highest BCUT2D eigenvalue weighted by atomic mass is 35.5. The molecule has 1 amide bonds. The third-order valence-corrected chi connectivity index (χ3v) is 4.16.